The molecule has 0 N–H and O–H groups in total. The molecule has 0 radical (unpaired) electrons. The zero-order valence-corrected chi connectivity index (χ0v) is 13.7. The highest BCUT2D eigenvalue weighted by Crippen LogP contribution is 2.34. The summed E-state index contributed by atoms with van der Waals surface area (Å²) < 4.78 is 39.0. The lowest BCUT2D eigenvalue weighted by Gasteiger charge is -2.13. The van der Waals surface area contributed by atoms with Crippen LogP contribution in [0.25, 0.3) is 5.57 Å². The van der Waals surface area contributed by atoms with Gasteiger partial charge in [-0.05, 0) is 43.4 Å². The Balaban J connectivity index is 2.99. The van der Waals surface area contributed by atoms with E-state index in [1.54, 1.807) is 19.2 Å². The van der Waals surface area contributed by atoms with Crippen LogP contribution in [0.5, 0.6) is 0 Å². The van der Waals surface area contributed by atoms with Gasteiger partial charge in [0.2, 0.25) is 0 Å². The summed E-state index contributed by atoms with van der Waals surface area (Å²) in [4.78, 5) is 4.36. The zero-order valence-electron chi connectivity index (χ0n) is 13.7. The Hall–Kier alpha value is -1.58. The summed E-state index contributed by atoms with van der Waals surface area (Å²) in [7, 11) is 0. The lowest BCUT2D eigenvalue weighted by Crippen LogP contribution is -2.08. The first-order chi connectivity index (χ1) is 10.3. The van der Waals surface area contributed by atoms with Crippen molar-refractivity contribution in [3.05, 3.63) is 41.6 Å². The molecule has 1 aromatic rings. The van der Waals surface area contributed by atoms with Crippen LogP contribution in [-0.4, -0.2) is 5.71 Å². The minimum absolute atomic E-state index is 0.188. The van der Waals surface area contributed by atoms with Gasteiger partial charge in [-0.25, -0.2) is 0 Å². The fourth-order valence-electron chi connectivity index (χ4n) is 2.19. The molecule has 122 valence electrons. The fourth-order valence-corrected chi connectivity index (χ4v) is 2.19. The normalized spacial score (nSPS) is 15.0. The number of hydrogen-bond acceptors (Lipinski definition) is 1. The molecule has 1 atom stereocenters. The van der Waals surface area contributed by atoms with Crippen LogP contribution in [0.15, 0.2) is 35.5 Å². The van der Waals surface area contributed by atoms with E-state index in [-0.39, 0.29) is 5.56 Å². The zero-order chi connectivity index (χ0) is 16.8. The molecule has 0 aromatic heterocycles. The number of allylic oxidation sites excluding steroid dienone is 1. The molecule has 1 rings (SSSR count). The summed E-state index contributed by atoms with van der Waals surface area (Å²) in [5, 5.41) is 0. The number of aliphatic imine (C=N–C) groups is 1. The van der Waals surface area contributed by atoms with Crippen LogP contribution in [0.1, 0.15) is 58.1 Å². The summed E-state index contributed by atoms with van der Waals surface area (Å²) in [5.74, 6) is 0.349. The van der Waals surface area contributed by atoms with Crippen molar-refractivity contribution in [3.63, 3.8) is 0 Å². The Morgan fingerprint density at radius 2 is 1.86 bits per heavy atom. The Morgan fingerprint density at radius 1 is 1.23 bits per heavy atom. The van der Waals surface area contributed by atoms with Gasteiger partial charge >= 0.3 is 6.18 Å². The molecule has 0 spiro atoms. The standard InChI is InChI=1S/C18H24F3N/c1-5-6-9-13(2)15(4)22-12-14(3)16-10-7-8-11-17(16)18(19,20)21/h7-8,10-13H,5-6,9H2,1-4H3/b14-12+,22-15?. The maximum atomic E-state index is 13.0. The minimum atomic E-state index is -4.35. The van der Waals surface area contributed by atoms with E-state index < -0.39 is 11.7 Å². The molecule has 1 unspecified atom stereocenters. The first kappa shape index (κ1) is 18.5. The molecule has 1 aromatic carbocycles. The van der Waals surface area contributed by atoms with Gasteiger partial charge in [0.15, 0.2) is 0 Å². The number of hydrogen-bond donors (Lipinski definition) is 0. The minimum Gasteiger partial charge on any atom is -0.265 e. The summed E-state index contributed by atoms with van der Waals surface area (Å²) in [5.41, 5.74) is 1.05. The highest BCUT2D eigenvalue weighted by Gasteiger charge is 2.33. The SMILES string of the molecule is CCCCC(C)C(C)=N/C=C(\C)c1ccccc1C(F)(F)F. The molecular formula is C18H24F3N. The molecule has 0 saturated heterocycles. The molecule has 4 heteroatoms. The number of unbranched alkanes of at least 4 members (excludes halogenated alkanes) is 1. The fraction of sp³-hybridized carbons (Fsp3) is 0.500. The van der Waals surface area contributed by atoms with E-state index in [0.29, 0.717) is 11.5 Å². The molecule has 0 aliphatic rings. The van der Waals surface area contributed by atoms with Crippen molar-refractivity contribution in [1.82, 2.24) is 0 Å². The second kappa shape index (κ2) is 8.16. The lowest BCUT2D eigenvalue weighted by atomic mass is 9.99. The maximum absolute atomic E-state index is 13.0. The van der Waals surface area contributed by atoms with E-state index in [4.69, 9.17) is 0 Å². The Morgan fingerprint density at radius 3 is 2.45 bits per heavy atom. The highest BCUT2D eigenvalue weighted by atomic mass is 19.4. The number of rotatable bonds is 6. The Labute approximate surface area is 131 Å². The van der Waals surface area contributed by atoms with Crippen molar-refractivity contribution < 1.29 is 13.2 Å². The number of benzene rings is 1. The predicted molar refractivity (Wildman–Crippen MR) is 86.9 cm³/mol. The van der Waals surface area contributed by atoms with Gasteiger partial charge in [-0.2, -0.15) is 13.2 Å². The monoisotopic (exact) mass is 311 g/mol. The summed E-state index contributed by atoms with van der Waals surface area (Å²) in [6.45, 7) is 7.83. The third kappa shape index (κ3) is 5.32. The van der Waals surface area contributed by atoms with Gasteiger partial charge in [-0.15, -0.1) is 0 Å². The van der Waals surface area contributed by atoms with Gasteiger partial charge in [0.05, 0.1) is 5.56 Å². The van der Waals surface area contributed by atoms with E-state index in [0.717, 1.165) is 31.0 Å². The quantitative estimate of drug-likeness (QED) is 0.542. The second-order valence-electron chi connectivity index (χ2n) is 5.67. The largest absolute Gasteiger partial charge is 0.416 e. The molecule has 0 amide bonds. The predicted octanol–water partition coefficient (Wildman–Crippen LogP) is 6.35. The topological polar surface area (TPSA) is 12.4 Å². The van der Waals surface area contributed by atoms with Crippen molar-refractivity contribution >= 4 is 11.3 Å². The van der Waals surface area contributed by atoms with Crippen molar-refractivity contribution in [3.8, 4) is 0 Å². The molecule has 0 saturated carbocycles. The molecule has 0 aliphatic carbocycles. The van der Waals surface area contributed by atoms with E-state index in [1.807, 2.05) is 6.92 Å². The maximum Gasteiger partial charge on any atom is 0.416 e. The average Bonchev–Trinajstić information content (AvgIpc) is 2.48. The average molecular weight is 311 g/mol. The van der Waals surface area contributed by atoms with Gasteiger partial charge < -0.3 is 0 Å². The lowest BCUT2D eigenvalue weighted by molar-refractivity contribution is -0.137. The van der Waals surface area contributed by atoms with E-state index in [9.17, 15) is 13.2 Å². The molecule has 0 bridgehead atoms. The summed E-state index contributed by atoms with van der Waals surface area (Å²) >= 11 is 0. The van der Waals surface area contributed by atoms with Crippen molar-refractivity contribution in [2.45, 2.75) is 53.1 Å². The van der Waals surface area contributed by atoms with Gasteiger partial charge in [-0.3, -0.25) is 4.99 Å². The molecular weight excluding hydrogens is 287 g/mol. The summed E-state index contributed by atoms with van der Waals surface area (Å²) in [6, 6.07) is 5.61. The highest BCUT2D eigenvalue weighted by molar-refractivity contribution is 5.85. The van der Waals surface area contributed by atoms with Crippen LogP contribution in [0, 0.1) is 5.92 Å². The van der Waals surface area contributed by atoms with Crippen LogP contribution in [0.2, 0.25) is 0 Å². The van der Waals surface area contributed by atoms with E-state index in [2.05, 4.69) is 18.8 Å². The van der Waals surface area contributed by atoms with Crippen LogP contribution in [0.4, 0.5) is 13.2 Å². The van der Waals surface area contributed by atoms with Gasteiger partial charge in [-0.1, -0.05) is 44.9 Å². The molecule has 22 heavy (non-hydrogen) atoms. The Bertz CT molecular complexity index is 542. The van der Waals surface area contributed by atoms with Gasteiger partial charge in [0.1, 0.15) is 0 Å². The molecule has 0 aliphatic heterocycles. The van der Waals surface area contributed by atoms with Crippen LogP contribution < -0.4 is 0 Å². The molecule has 1 nitrogen and oxygen atoms in total. The van der Waals surface area contributed by atoms with E-state index in [1.165, 1.54) is 12.1 Å². The smallest absolute Gasteiger partial charge is 0.265 e. The van der Waals surface area contributed by atoms with Crippen LogP contribution >= 0.6 is 0 Å². The summed E-state index contributed by atoms with van der Waals surface area (Å²) in [6.07, 6.45) is 0.512. The number of halogens is 3. The van der Waals surface area contributed by atoms with Crippen molar-refractivity contribution in [2.75, 3.05) is 0 Å². The third-order valence-corrected chi connectivity index (χ3v) is 3.82. The van der Waals surface area contributed by atoms with Crippen LogP contribution in [0.3, 0.4) is 0 Å². The van der Waals surface area contributed by atoms with Gasteiger partial charge in [0, 0.05) is 11.9 Å². The first-order valence-corrected chi connectivity index (χ1v) is 7.65. The Kier molecular flexibility index (Phi) is 6.85. The number of alkyl halides is 3. The first-order valence-electron chi connectivity index (χ1n) is 7.65. The van der Waals surface area contributed by atoms with Crippen molar-refractivity contribution in [2.24, 2.45) is 10.9 Å². The van der Waals surface area contributed by atoms with Gasteiger partial charge in [0.25, 0.3) is 0 Å². The third-order valence-electron chi connectivity index (χ3n) is 3.82. The number of nitrogens with zero attached hydrogens (tertiary/aromatic N) is 1. The second-order valence-corrected chi connectivity index (χ2v) is 5.67. The van der Waals surface area contributed by atoms with Crippen LogP contribution in [-0.2, 0) is 6.18 Å². The molecule has 0 fully saturated rings. The van der Waals surface area contributed by atoms with Crippen molar-refractivity contribution in [1.29, 1.82) is 0 Å². The molecule has 0 heterocycles. The van der Waals surface area contributed by atoms with E-state index >= 15 is 0 Å².